The molecule has 0 atom stereocenters. The second kappa shape index (κ2) is 6.82. The van der Waals surface area contributed by atoms with Crippen molar-refractivity contribution >= 4 is 44.5 Å². The zero-order chi connectivity index (χ0) is 14.7. The van der Waals surface area contributed by atoms with Gasteiger partial charge in [0.05, 0.1) is 8.66 Å². The lowest BCUT2D eigenvalue weighted by molar-refractivity contribution is 0.0957. The number of aryl methyl sites for hydroxylation is 1. The molecule has 2 rings (SSSR count). The summed E-state index contributed by atoms with van der Waals surface area (Å²) in [5, 5.41) is 2.15. The van der Waals surface area contributed by atoms with Gasteiger partial charge in [0.15, 0.2) is 0 Å². The lowest BCUT2D eigenvalue weighted by Crippen LogP contribution is -2.29. The first-order chi connectivity index (χ1) is 9.49. The molecule has 0 unspecified atom stereocenters. The highest BCUT2D eigenvalue weighted by molar-refractivity contribution is 9.11. The molecule has 108 valence electrons. The van der Waals surface area contributed by atoms with Gasteiger partial charge in [-0.3, -0.25) is 15.1 Å². The molecule has 4 nitrogen and oxygen atoms in total. The first-order valence-corrected chi connectivity index (χ1v) is 8.50. The van der Waals surface area contributed by atoms with E-state index in [0.29, 0.717) is 4.88 Å². The molecule has 7 heteroatoms. The van der Waals surface area contributed by atoms with Crippen LogP contribution in [-0.2, 0) is 13.1 Å². The van der Waals surface area contributed by atoms with Gasteiger partial charge in [-0.05, 0) is 58.5 Å². The maximum absolute atomic E-state index is 11.5. The molecule has 0 aromatic carbocycles. The van der Waals surface area contributed by atoms with E-state index in [1.807, 2.05) is 13.0 Å². The Morgan fingerprint density at radius 2 is 2.20 bits per heavy atom. The Morgan fingerprint density at radius 1 is 1.45 bits per heavy atom. The Balaban J connectivity index is 2.02. The number of thiophene rings is 2. The zero-order valence-electron chi connectivity index (χ0n) is 11.3. The highest BCUT2D eigenvalue weighted by Crippen LogP contribution is 2.25. The van der Waals surface area contributed by atoms with Crippen molar-refractivity contribution in [1.82, 2.24) is 10.3 Å². The van der Waals surface area contributed by atoms with Crippen LogP contribution in [0, 0.1) is 6.92 Å². The lowest BCUT2D eigenvalue weighted by atomic mass is 10.2. The number of carbonyl (C=O) groups is 1. The van der Waals surface area contributed by atoms with Crippen LogP contribution in [0.5, 0.6) is 0 Å². The third-order valence-corrected chi connectivity index (χ3v) is 5.53. The Morgan fingerprint density at radius 3 is 2.80 bits per heavy atom. The largest absolute Gasteiger partial charge is 0.298 e. The molecule has 0 aliphatic heterocycles. The van der Waals surface area contributed by atoms with Gasteiger partial charge in [-0.25, -0.2) is 5.84 Å². The van der Waals surface area contributed by atoms with Crippen LogP contribution in [0.1, 0.15) is 25.7 Å². The molecular formula is C13H16BrN3OS2. The number of amides is 1. The van der Waals surface area contributed by atoms with E-state index in [1.165, 1.54) is 22.5 Å². The van der Waals surface area contributed by atoms with Gasteiger partial charge in [-0.15, -0.1) is 22.7 Å². The minimum atomic E-state index is -0.228. The van der Waals surface area contributed by atoms with Gasteiger partial charge in [-0.1, -0.05) is 0 Å². The van der Waals surface area contributed by atoms with Crippen molar-refractivity contribution < 1.29 is 4.79 Å². The van der Waals surface area contributed by atoms with Crippen molar-refractivity contribution in [2.45, 2.75) is 20.0 Å². The first kappa shape index (κ1) is 15.7. The van der Waals surface area contributed by atoms with E-state index in [-0.39, 0.29) is 5.91 Å². The Labute approximate surface area is 134 Å². The molecular weight excluding hydrogens is 358 g/mol. The monoisotopic (exact) mass is 373 g/mol. The van der Waals surface area contributed by atoms with Crippen molar-refractivity contribution in [3.8, 4) is 0 Å². The molecule has 1 amide bonds. The summed E-state index contributed by atoms with van der Waals surface area (Å²) in [7, 11) is 2.07. The highest BCUT2D eigenvalue weighted by atomic mass is 79.9. The van der Waals surface area contributed by atoms with Crippen LogP contribution < -0.4 is 11.3 Å². The third-order valence-electron chi connectivity index (χ3n) is 2.89. The van der Waals surface area contributed by atoms with Gasteiger partial charge in [0.2, 0.25) is 0 Å². The van der Waals surface area contributed by atoms with E-state index in [9.17, 15) is 4.79 Å². The van der Waals surface area contributed by atoms with E-state index in [2.05, 4.69) is 44.7 Å². The first-order valence-electron chi connectivity index (χ1n) is 6.01. The molecule has 3 N–H and O–H groups in total. The van der Waals surface area contributed by atoms with Crippen LogP contribution >= 0.6 is 38.6 Å². The summed E-state index contributed by atoms with van der Waals surface area (Å²) >= 11 is 6.64. The van der Waals surface area contributed by atoms with Gasteiger partial charge in [-0.2, -0.15) is 0 Å². The molecule has 2 heterocycles. The fraction of sp³-hybridized carbons (Fsp3) is 0.308. The predicted octanol–water partition coefficient (Wildman–Crippen LogP) is 3.12. The van der Waals surface area contributed by atoms with Crippen LogP contribution in [0.2, 0.25) is 0 Å². The molecule has 2 aromatic rings. The molecule has 0 radical (unpaired) electrons. The SMILES string of the molecule is Cc1sc(C(=O)NN)cc1CN(C)Cc1csc(Br)c1. The second-order valence-electron chi connectivity index (χ2n) is 4.60. The number of carbonyl (C=O) groups excluding carboxylic acids is 1. The average molecular weight is 374 g/mol. The minimum absolute atomic E-state index is 0.228. The molecule has 0 aliphatic rings. The van der Waals surface area contributed by atoms with Crippen LogP contribution in [0.3, 0.4) is 0 Å². The summed E-state index contributed by atoms with van der Waals surface area (Å²) in [5.74, 6) is 4.93. The van der Waals surface area contributed by atoms with E-state index >= 15 is 0 Å². The summed E-state index contributed by atoms with van der Waals surface area (Å²) in [6.45, 7) is 3.73. The van der Waals surface area contributed by atoms with Crippen molar-refractivity contribution in [2.24, 2.45) is 5.84 Å². The maximum atomic E-state index is 11.5. The van der Waals surface area contributed by atoms with Gasteiger partial charge in [0.1, 0.15) is 0 Å². The molecule has 2 aromatic heterocycles. The normalized spacial score (nSPS) is 11.1. The summed E-state index contributed by atoms with van der Waals surface area (Å²) in [6, 6.07) is 4.05. The quantitative estimate of drug-likeness (QED) is 0.480. The van der Waals surface area contributed by atoms with Gasteiger partial charge >= 0.3 is 0 Å². The fourth-order valence-corrected chi connectivity index (χ4v) is 4.08. The Bertz CT molecular complexity index is 609. The second-order valence-corrected chi connectivity index (χ2v) is 8.14. The van der Waals surface area contributed by atoms with Gasteiger partial charge in [0.25, 0.3) is 5.91 Å². The Hall–Kier alpha value is -0.730. The average Bonchev–Trinajstić information content (AvgIpc) is 2.96. The molecule has 20 heavy (non-hydrogen) atoms. The Kier molecular flexibility index (Phi) is 5.34. The molecule has 0 fully saturated rings. The van der Waals surface area contributed by atoms with Crippen molar-refractivity contribution in [1.29, 1.82) is 0 Å². The van der Waals surface area contributed by atoms with Crippen molar-refractivity contribution in [2.75, 3.05) is 7.05 Å². The van der Waals surface area contributed by atoms with Crippen LogP contribution in [0.4, 0.5) is 0 Å². The van der Waals surface area contributed by atoms with Crippen LogP contribution in [0.15, 0.2) is 21.3 Å². The number of nitrogen functional groups attached to an aromatic ring is 1. The standard InChI is InChI=1S/C13H16BrN3OS2/c1-8-10(4-11(20-8)13(18)16-15)6-17(2)5-9-3-12(14)19-7-9/h3-4,7H,5-6,15H2,1-2H3,(H,16,18). The summed E-state index contributed by atoms with van der Waals surface area (Å²) < 4.78 is 1.15. The maximum Gasteiger partial charge on any atom is 0.275 e. The third kappa shape index (κ3) is 3.89. The van der Waals surface area contributed by atoms with E-state index in [0.717, 1.165) is 21.8 Å². The van der Waals surface area contributed by atoms with Crippen LogP contribution in [0.25, 0.3) is 0 Å². The fourth-order valence-electron chi connectivity index (χ4n) is 1.95. The number of hydrogen-bond donors (Lipinski definition) is 2. The molecule has 0 saturated heterocycles. The molecule has 0 saturated carbocycles. The minimum Gasteiger partial charge on any atom is -0.298 e. The van der Waals surface area contributed by atoms with Gasteiger partial charge < -0.3 is 0 Å². The number of nitrogens with zero attached hydrogens (tertiary/aromatic N) is 1. The van der Waals surface area contributed by atoms with Crippen molar-refractivity contribution in [3.63, 3.8) is 0 Å². The van der Waals surface area contributed by atoms with E-state index in [1.54, 1.807) is 11.3 Å². The summed E-state index contributed by atoms with van der Waals surface area (Å²) in [6.07, 6.45) is 0. The number of hydrogen-bond acceptors (Lipinski definition) is 5. The number of hydrazine groups is 1. The number of nitrogens with one attached hydrogen (secondary N) is 1. The number of halogens is 1. The van der Waals surface area contributed by atoms with E-state index < -0.39 is 0 Å². The summed E-state index contributed by atoms with van der Waals surface area (Å²) in [4.78, 5) is 15.6. The molecule has 0 aliphatic carbocycles. The topological polar surface area (TPSA) is 58.4 Å². The predicted molar refractivity (Wildman–Crippen MR) is 87.9 cm³/mol. The van der Waals surface area contributed by atoms with Gasteiger partial charge in [0, 0.05) is 18.0 Å². The van der Waals surface area contributed by atoms with E-state index in [4.69, 9.17) is 5.84 Å². The number of rotatable bonds is 5. The highest BCUT2D eigenvalue weighted by Gasteiger charge is 2.13. The van der Waals surface area contributed by atoms with Crippen LogP contribution in [-0.4, -0.2) is 17.9 Å². The molecule has 0 bridgehead atoms. The summed E-state index contributed by atoms with van der Waals surface area (Å²) in [5.41, 5.74) is 4.63. The van der Waals surface area contributed by atoms with Crippen molar-refractivity contribution in [3.05, 3.63) is 42.2 Å². The number of nitrogens with two attached hydrogens (primary N) is 1. The molecule has 0 spiro atoms. The lowest BCUT2D eigenvalue weighted by Gasteiger charge is -2.15. The smallest absolute Gasteiger partial charge is 0.275 e. The zero-order valence-corrected chi connectivity index (χ0v) is 14.5.